The van der Waals surface area contributed by atoms with Crippen LogP contribution in [0.15, 0.2) is 67.1 Å². The summed E-state index contributed by atoms with van der Waals surface area (Å²) in [5.74, 6) is -19.4. The summed E-state index contributed by atoms with van der Waals surface area (Å²) in [5.41, 5.74) is 24.3. The van der Waals surface area contributed by atoms with Crippen molar-refractivity contribution in [2.75, 3.05) is 62.9 Å². The molecule has 0 saturated carbocycles. The third-order valence-corrected chi connectivity index (χ3v) is 23.7. The SMILES string of the molecule is CSCC[C@H](NC(=O)[C@@H](N)Cc1cnc[nH]1)C(=O)N[C@H](C(=O)N[C@H]1CSSC[C@@H](C(=O)N[C@@H](Cc2ccccc2)C(=O)N[C@@H](CO)C(=O)N[C@@H](CC(C)C)C(N)=O)NC(=O)[C@H](C(C)C)NC(=O)[C@@H]2CCCN2C(=O)[C@H](CCCNC(=N)N)NC(=O)CNC(=O)[C@H](CCCNC(=N)N)NC(=O)[C@H](Cc2ccc(O)cc2)NC(=O)[C@H](CO)NC(=O)[C@H](CC(C)C)NC1=O)C(C)C. The third-order valence-electron chi connectivity index (χ3n) is 20.6. The van der Waals surface area contributed by atoms with Gasteiger partial charge >= 0.3 is 0 Å². The molecule has 16 amide bonds. The van der Waals surface area contributed by atoms with Gasteiger partial charge in [0.15, 0.2) is 11.9 Å². The van der Waals surface area contributed by atoms with Crippen molar-refractivity contribution in [1.29, 1.82) is 10.8 Å². The number of H-pyrrole nitrogens is 1. The van der Waals surface area contributed by atoms with Crippen LogP contribution in [0.2, 0.25) is 0 Å². The van der Waals surface area contributed by atoms with Gasteiger partial charge in [0.2, 0.25) is 94.5 Å². The molecule has 15 atom stereocenters. The number of primary amides is 1. The maximum absolute atomic E-state index is 15.4. The van der Waals surface area contributed by atoms with E-state index in [1.807, 2.05) is 0 Å². The molecule has 0 spiro atoms. The molecule has 0 aliphatic carbocycles. The Morgan fingerprint density at radius 2 is 1.19 bits per heavy atom. The zero-order valence-corrected chi connectivity index (χ0v) is 76.4. The van der Waals surface area contributed by atoms with Crippen LogP contribution in [0.4, 0.5) is 0 Å². The number of guanidine groups is 2. The molecule has 2 aromatic carbocycles. The highest BCUT2D eigenvalue weighted by Crippen LogP contribution is 2.26. The van der Waals surface area contributed by atoms with Gasteiger partial charge in [-0.1, -0.05) is 119 Å². The summed E-state index contributed by atoms with van der Waals surface area (Å²) in [6.45, 7) is 10.1. The van der Waals surface area contributed by atoms with Gasteiger partial charge in [-0.25, -0.2) is 4.98 Å². The molecule has 47 heteroatoms. The van der Waals surface area contributed by atoms with Crippen LogP contribution in [0, 0.1) is 34.5 Å². The minimum atomic E-state index is -1.92. The Morgan fingerprint density at radius 3 is 1.78 bits per heavy atom. The Bertz CT molecular complexity index is 4270. The van der Waals surface area contributed by atoms with Gasteiger partial charge in [-0.05, 0) is 117 Å². The minimum Gasteiger partial charge on any atom is -0.508 e. The van der Waals surface area contributed by atoms with E-state index in [2.05, 4.69) is 95.0 Å². The molecule has 0 radical (unpaired) electrons. The number of hydrogen-bond acceptors (Lipinski definition) is 26. The fourth-order valence-electron chi connectivity index (χ4n) is 13.7. The Morgan fingerprint density at radius 1 is 0.605 bits per heavy atom. The van der Waals surface area contributed by atoms with Crippen molar-refractivity contribution < 1.29 is 92.0 Å². The van der Waals surface area contributed by atoms with Gasteiger partial charge in [-0.3, -0.25) is 87.5 Å². The molecule has 0 bridgehead atoms. The number of benzene rings is 2. The van der Waals surface area contributed by atoms with Crippen molar-refractivity contribution in [2.45, 2.75) is 223 Å². The quantitative estimate of drug-likeness (QED) is 0.0110. The monoisotopic (exact) mass is 1860 g/mol. The second kappa shape index (κ2) is 55.3. The summed E-state index contributed by atoms with van der Waals surface area (Å²) in [6, 6.07) is -9.47. The van der Waals surface area contributed by atoms with E-state index < -0.39 is 246 Å². The molecular weight excluding hydrogens is 1740 g/mol. The zero-order valence-electron chi connectivity index (χ0n) is 74.0. The van der Waals surface area contributed by atoms with Crippen molar-refractivity contribution >= 4 is 140 Å². The van der Waals surface area contributed by atoms with Crippen molar-refractivity contribution in [3.8, 4) is 5.75 Å². The molecule has 2 aliphatic rings. The summed E-state index contributed by atoms with van der Waals surface area (Å²) in [7, 11) is 1.63. The molecule has 2 aliphatic heterocycles. The molecule has 0 unspecified atom stereocenters. The van der Waals surface area contributed by atoms with Gasteiger partial charge in [0.1, 0.15) is 90.3 Å². The standard InChI is InChI=1S/C82H129N25O19S3/c1-42(2)30-54(66(84)112)97-73(119)58(37-108)102-72(118)56(32-46-16-11-10-12-17-46)100-76(122)61-40-129-128-39-60(103-78(124)64(44(5)6)105-69(115)52(25-29-127-9)95-67(113)50(83)34-48-35-89-41-93-48)75(121)98-55(31-43(3)4)70(116)101-59(38-109)74(120)99-57(33-47-21-23-49(110)24-22-47)71(117)96-51(18-13-26-90-81(85)86)68(114)92-36-63(111)94-53(19-14-27-91-82(87)88)80(126)107-28-15-20-62(107)77(123)106-65(45(7)8)79(125)104-61/h10-12,16-17,21-24,35,41-45,50-62,64-65,108-110H,13-15,18-20,25-34,36-40,83H2,1-9H3,(H2,84,112)(H,89,93)(H,92,114)(H,94,111)(H,95,113)(H,96,117)(H,97,119)(H,98,121)(H,99,120)(H,100,122)(H,101,116)(H,102,118)(H,103,124)(H,104,125)(H,105,115)(H,106,123)(H4,85,86,90)(H4,87,88,91)/t50-,51-,52-,53-,54-,55-,56-,57-,58-,59-,60-,61-,62-,64-,65-/m0/s1. The Kier molecular flexibility index (Phi) is 46.3. The van der Waals surface area contributed by atoms with E-state index in [-0.39, 0.29) is 108 Å². The highest BCUT2D eigenvalue weighted by atomic mass is 33.1. The van der Waals surface area contributed by atoms with Crippen LogP contribution in [0.3, 0.4) is 0 Å². The number of aliphatic hydroxyl groups is 2. The molecule has 3 aromatic rings. The first kappa shape index (κ1) is 108. The number of aromatic hydroxyl groups is 1. The molecule has 44 nitrogen and oxygen atoms in total. The van der Waals surface area contributed by atoms with E-state index >= 15 is 19.2 Å². The lowest BCUT2D eigenvalue weighted by Gasteiger charge is -2.31. The van der Waals surface area contributed by atoms with Gasteiger partial charge in [0.05, 0.1) is 32.1 Å². The average molecular weight is 1870 g/mol. The predicted molar refractivity (Wildman–Crippen MR) is 483 cm³/mol. The predicted octanol–water partition coefficient (Wildman–Crippen LogP) is -5.57. The van der Waals surface area contributed by atoms with Crippen LogP contribution < -0.4 is 108 Å². The second-order valence-electron chi connectivity index (χ2n) is 32.9. The molecule has 129 heavy (non-hydrogen) atoms. The number of aromatic amines is 1. The van der Waals surface area contributed by atoms with Crippen molar-refractivity contribution in [3.63, 3.8) is 0 Å². The van der Waals surface area contributed by atoms with Crippen molar-refractivity contribution in [3.05, 3.63) is 83.9 Å². The first-order valence-electron chi connectivity index (χ1n) is 42.6. The van der Waals surface area contributed by atoms with Crippen LogP contribution in [-0.2, 0) is 96.0 Å². The topological polar surface area (TPSA) is 710 Å². The first-order chi connectivity index (χ1) is 61.1. The number of amides is 16. The largest absolute Gasteiger partial charge is 0.508 e. The number of nitrogens with one attached hydrogen (secondary N) is 19. The number of carbonyl (C=O) groups excluding carboxylic acids is 16. The highest BCUT2D eigenvalue weighted by Gasteiger charge is 2.43. The van der Waals surface area contributed by atoms with Gasteiger partial charge in [0.25, 0.3) is 0 Å². The lowest BCUT2D eigenvalue weighted by atomic mass is 10.0. The van der Waals surface area contributed by atoms with E-state index in [9.17, 15) is 72.9 Å². The zero-order chi connectivity index (χ0) is 95.7. The number of imidazole rings is 1. The van der Waals surface area contributed by atoms with E-state index in [1.54, 1.807) is 92.0 Å². The maximum atomic E-state index is 15.4. The number of nitrogens with two attached hydrogens (primary N) is 4. The minimum absolute atomic E-state index is 0.0112. The average Bonchev–Trinajstić information content (AvgIpc) is 1.71. The Labute approximate surface area is 760 Å². The Hall–Kier alpha value is -11.6. The molecular formula is C82H129N25O19S3. The smallest absolute Gasteiger partial charge is 0.245 e. The molecule has 30 N–H and O–H groups in total. The molecule has 3 heterocycles. The molecule has 2 fully saturated rings. The van der Waals surface area contributed by atoms with Gasteiger partial charge in [-0.15, -0.1) is 0 Å². The summed E-state index contributed by atoms with van der Waals surface area (Å²) >= 11 is 1.36. The molecule has 2 saturated heterocycles. The number of carbonyl (C=O) groups is 16. The summed E-state index contributed by atoms with van der Waals surface area (Å²) in [5, 5.41) is 88.8. The summed E-state index contributed by atoms with van der Waals surface area (Å²) in [4.78, 5) is 241. The number of fused-ring (bicyclic) bond motifs is 1. The number of rotatable bonds is 38. The number of nitrogens with zero attached hydrogens (tertiary/aromatic N) is 2. The second-order valence-corrected chi connectivity index (χ2v) is 36.4. The summed E-state index contributed by atoms with van der Waals surface area (Å²) < 4.78 is 0. The number of aliphatic hydroxyl groups excluding tert-OH is 2. The normalized spacial score (nSPS) is 21.4. The van der Waals surface area contributed by atoms with E-state index in [4.69, 9.17) is 33.8 Å². The van der Waals surface area contributed by atoms with Crippen LogP contribution >= 0.6 is 33.3 Å². The van der Waals surface area contributed by atoms with Gasteiger partial charge < -0.3 is 133 Å². The number of hydrogen-bond donors (Lipinski definition) is 26. The fourth-order valence-corrected chi connectivity index (χ4v) is 16.5. The number of phenolic OH excluding ortho intramolecular Hbond substituents is 1. The van der Waals surface area contributed by atoms with Crippen LogP contribution in [0.1, 0.15) is 130 Å². The lowest BCUT2D eigenvalue weighted by molar-refractivity contribution is -0.142. The van der Waals surface area contributed by atoms with Crippen LogP contribution in [0.5, 0.6) is 5.75 Å². The summed E-state index contributed by atoms with van der Waals surface area (Å²) in [6.07, 6.45) is 3.94. The van der Waals surface area contributed by atoms with Gasteiger partial charge in [0, 0.05) is 62.3 Å². The maximum Gasteiger partial charge on any atom is 0.245 e. The highest BCUT2D eigenvalue weighted by molar-refractivity contribution is 8.76. The number of aromatic nitrogens is 2. The third kappa shape index (κ3) is 37.6. The van der Waals surface area contributed by atoms with Crippen molar-refractivity contribution in [2.24, 2.45) is 46.6 Å². The lowest BCUT2D eigenvalue weighted by Crippen LogP contribution is -2.62. The number of phenols is 1. The molecule has 714 valence electrons. The van der Waals surface area contributed by atoms with Crippen LogP contribution in [-0.4, -0.2) is 290 Å². The number of thioether (sulfide) groups is 1. The van der Waals surface area contributed by atoms with Gasteiger partial charge in [-0.2, -0.15) is 11.8 Å². The Balaban J connectivity index is 1.70. The fraction of sp³-hybridized carbons (Fsp3) is 0.598. The van der Waals surface area contributed by atoms with E-state index in [1.165, 1.54) is 53.5 Å². The van der Waals surface area contributed by atoms with Crippen molar-refractivity contribution in [1.82, 2.24) is 99.9 Å². The molecule has 1 aromatic heterocycles. The van der Waals surface area contributed by atoms with E-state index in [0.29, 0.717) is 22.6 Å². The first-order valence-corrected chi connectivity index (χ1v) is 46.5. The van der Waals surface area contributed by atoms with Crippen LogP contribution in [0.25, 0.3) is 0 Å². The molecule has 5 rings (SSSR count). The van der Waals surface area contributed by atoms with E-state index in [0.717, 1.165) is 21.6 Å².